The number of ether oxygens (including phenoxy) is 1. The van der Waals surface area contributed by atoms with Crippen LogP contribution in [0.25, 0.3) is 0 Å². The second kappa shape index (κ2) is 5.36. The number of phenols is 1. The maximum Gasteiger partial charge on any atom is 0.131 e. The Morgan fingerprint density at radius 3 is 2.87 bits per heavy atom. The van der Waals surface area contributed by atoms with Gasteiger partial charge in [0.05, 0.1) is 25.3 Å². The van der Waals surface area contributed by atoms with Crippen molar-refractivity contribution in [1.82, 2.24) is 0 Å². The van der Waals surface area contributed by atoms with Crippen LogP contribution in [0.15, 0.2) is 23.2 Å². The van der Waals surface area contributed by atoms with Gasteiger partial charge in [-0.2, -0.15) is 0 Å². The van der Waals surface area contributed by atoms with Crippen LogP contribution in [-0.4, -0.2) is 36.2 Å². The molecule has 0 bridgehead atoms. The number of nitrogens with zero attached hydrogens (tertiary/aromatic N) is 1. The van der Waals surface area contributed by atoms with E-state index in [-0.39, 0.29) is 5.75 Å². The Morgan fingerprint density at radius 1 is 1.53 bits per heavy atom. The Labute approximate surface area is 88.9 Å². The summed E-state index contributed by atoms with van der Waals surface area (Å²) < 4.78 is 5.07. The highest BCUT2D eigenvalue weighted by Gasteiger charge is 2.04. The molecule has 0 saturated heterocycles. The van der Waals surface area contributed by atoms with Gasteiger partial charge in [0, 0.05) is 6.21 Å². The maximum absolute atomic E-state index is 9.55. The summed E-state index contributed by atoms with van der Waals surface area (Å²) in [6.07, 6.45) is 1.01. The zero-order valence-corrected chi connectivity index (χ0v) is 8.84. The number of methoxy groups -OCH3 is 1. The molecule has 0 radical (unpaired) electrons. The van der Waals surface area contributed by atoms with Gasteiger partial charge in [-0.3, -0.25) is 4.99 Å². The average Bonchev–Trinajstić information content (AvgIpc) is 2.20. The lowest BCUT2D eigenvalue weighted by molar-refractivity contribution is 0.204. The smallest absolute Gasteiger partial charge is 0.131 e. The second-order valence-electron chi connectivity index (χ2n) is 3.24. The summed E-state index contributed by atoms with van der Waals surface area (Å²) in [5, 5.41) is 18.6. The maximum atomic E-state index is 9.55. The Morgan fingerprint density at radius 2 is 2.27 bits per heavy atom. The van der Waals surface area contributed by atoms with E-state index in [2.05, 4.69) is 4.99 Å². The van der Waals surface area contributed by atoms with E-state index in [4.69, 9.17) is 9.84 Å². The predicted octanol–water partition coefficient (Wildman–Crippen LogP) is 1.20. The lowest BCUT2D eigenvalue weighted by Gasteiger charge is -2.05. The molecule has 1 unspecified atom stereocenters. The Hall–Kier alpha value is -1.55. The van der Waals surface area contributed by atoms with Crippen LogP contribution < -0.4 is 4.74 Å². The van der Waals surface area contributed by atoms with Gasteiger partial charge in [0.25, 0.3) is 0 Å². The molecule has 1 aromatic rings. The fourth-order valence-corrected chi connectivity index (χ4v) is 1.14. The fourth-order valence-electron chi connectivity index (χ4n) is 1.14. The molecule has 4 nitrogen and oxygen atoms in total. The van der Waals surface area contributed by atoms with Gasteiger partial charge in [-0.05, 0) is 19.1 Å². The first-order chi connectivity index (χ1) is 7.15. The van der Waals surface area contributed by atoms with Crippen LogP contribution in [-0.2, 0) is 0 Å². The third-order valence-electron chi connectivity index (χ3n) is 1.85. The summed E-state index contributed by atoms with van der Waals surface area (Å²) in [5.74, 6) is 0.674. The standard InChI is InChI=1S/C11H15NO3/c1-8(13)6-12-7-9-10(14)4-3-5-11(9)15-2/h3-5,7-8,13-14H,6H2,1-2H3. The molecule has 2 N–H and O–H groups in total. The third-order valence-corrected chi connectivity index (χ3v) is 1.85. The number of rotatable bonds is 4. The number of benzene rings is 1. The van der Waals surface area contributed by atoms with Gasteiger partial charge >= 0.3 is 0 Å². The summed E-state index contributed by atoms with van der Waals surface area (Å²) in [4.78, 5) is 4.00. The number of aliphatic imine (C=N–C) groups is 1. The minimum atomic E-state index is -0.488. The summed E-state index contributed by atoms with van der Waals surface area (Å²) in [7, 11) is 1.53. The summed E-state index contributed by atoms with van der Waals surface area (Å²) in [6.45, 7) is 1.96. The highest BCUT2D eigenvalue weighted by molar-refractivity contribution is 5.87. The predicted molar refractivity (Wildman–Crippen MR) is 58.8 cm³/mol. The van der Waals surface area contributed by atoms with E-state index in [1.54, 1.807) is 25.1 Å². The van der Waals surface area contributed by atoms with Gasteiger partial charge in [0.2, 0.25) is 0 Å². The first-order valence-corrected chi connectivity index (χ1v) is 4.69. The monoisotopic (exact) mass is 209 g/mol. The lowest BCUT2D eigenvalue weighted by Crippen LogP contribution is -2.04. The lowest BCUT2D eigenvalue weighted by atomic mass is 10.2. The largest absolute Gasteiger partial charge is 0.507 e. The minimum Gasteiger partial charge on any atom is -0.507 e. The number of aliphatic hydroxyl groups excluding tert-OH is 1. The van der Waals surface area contributed by atoms with Crippen molar-refractivity contribution in [3.8, 4) is 11.5 Å². The molecular formula is C11H15NO3. The van der Waals surface area contributed by atoms with Crippen LogP contribution in [0.1, 0.15) is 12.5 Å². The molecular weight excluding hydrogens is 194 g/mol. The second-order valence-corrected chi connectivity index (χ2v) is 3.24. The third kappa shape index (κ3) is 3.25. The molecule has 82 valence electrons. The van der Waals surface area contributed by atoms with E-state index in [1.807, 2.05) is 0 Å². The molecule has 0 saturated carbocycles. The van der Waals surface area contributed by atoms with E-state index in [0.717, 1.165) is 0 Å². The molecule has 0 fully saturated rings. The van der Waals surface area contributed by atoms with Crippen molar-refractivity contribution in [2.45, 2.75) is 13.0 Å². The van der Waals surface area contributed by atoms with Crippen molar-refractivity contribution < 1.29 is 14.9 Å². The summed E-state index contributed by atoms with van der Waals surface area (Å²) >= 11 is 0. The molecule has 1 aromatic carbocycles. The summed E-state index contributed by atoms with van der Waals surface area (Å²) in [5.41, 5.74) is 0.528. The van der Waals surface area contributed by atoms with E-state index in [0.29, 0.717) is 17.9 Å². The Balaban J connectivity index is 2.87. The first kappa shape index (κ1) is 11.5. The topological polar surface area (TPSA) is 62.0 Å². The van der Waals surface area contributed by atoms with Gasteiger partial charge in [-0.15, -0.1) is 0 Å². The van der Waals surface area contributed by atoms with Crippen LogP contribution >= 0.6 is 0 Å². The van der Waals surface area contributed by atoms with Crippen LogP contribution in [0.5, 0.6) is 11.5 Å². The van der Waals surface area contributed by atoms with Crippen molar-refractivity contribution in [3.63, 3.8) is 0 Å². The van der Waals surface area contributed by atoms with Crippen LogP contribution in [0, 0.1) is 0 Å². The zero-order chi connectivity index (χ0) is 11.3. The van der Waals surface area contributed by atoms with Gasteiger partial charge in [-0.25, -0.2) is 0 Å². The molecule has 0 aliphatic heterocycles. The Bertz CT molecular complexity index is 348. The van der Waals surface area contributed by atoms with Crippen molar-refractivity contribution in [2.75, 3.05) is 13.7 Å². The van der Waals surface area contributed by atoms with E-state index in [1.165, 1.54) is 13.3 Å². The SMILES string of the molecule is COc1cccc(O)c1C=NCC(C)O. The van der Waals surface area contributed by atoms with E-state index in [9.17, 15) is 5.11 Å². The van der Waals surface area contributed by atoms with Crippen molar-refractivity contribution in [1.29, 1.82) is 0 Å². The van der Waals surface area contributed by atoms with Gasteiger partial charge in [-0.1, -0.05) is 6.07 Å². The molecule has 0 amide bonds. The molecule has 0 aromatic heterocycles. The number of aliphatic hydroxyl groups is 1. The van der Waals surface area contributed by atoms with Crippen LogP contribution in [0.4, 0.5) is 0 Å². The van der Waals surface area contributed by atoms with E-state index >= 15 is 0 Å². The highest BCUT2D eigenvalue weighted by atomic mass is 16.5. The molecule has 15 heavy (non-hydrogen) atoms. The van der Waals surface area contributed by atoms with Crippen LogP contribution in [0.3, 0.4) is 0 Å². The van der Waals surface area contributed by atoms with E-state index < -0.39 is 6.10 Å². The zero-order valence-electron chi connectivity index (χ0n) is 8.84. The van der Waals surface area contributed by atoms with Gasteiger partial charge in [0.1, 0.15) is 11.5 Å². The molecule has 1 rings (SSSR count). The van der Waals surface area contributed by atoms with Crippen molar-refractivity contribution in [2.24, 2.45) is 4.99 Å². The summed E-state index contributed by atoms with van der Waals surface area (Å²) in [6, 6.07) is 5.00. The molecule has 0 spiro atoms. The normalized spacial score (nSPS) is 13.0. The van der Waals surface area contributed by atoms with Crippen molar-refractivity contribution >= 4 is 6.21 Å². The number of phenolic OH excluding ortho intramolecular Hbond substituents is 1. The number of aromatic hydroxyl groups is 1. The molecule has 0 aliphatic rings. The number of hydrogen-bond acceptors (Lipinski definition) is 4. The Kier molecular flexibility index (Phi) is 4.12. The number of hydrogen-bond donors (Lipinski definition) is 2. The molecule has 0 aliphatic carbocycles. The van der Waals surface area contributed by atoms with Crippen LogP contribution in [0.2, 0.25) is 0 Å². The molecule has 1 atom stereocenters. The first-order valence-electron chi connectivity index (χ1n) is 4.69. The molecule has 4 heteroatoms. The fraction of sp³-hybridized carbons (Fsp3) is 0.364. The minimum absolute atomic E-state index is 0.115. The average molecular weight is 209 g/mol. The van der Waals surface area contributed by atoms with Gasteiger partial charge in [0.15, 0.2) is 0 Å². The van der Waals surface area contributed by atoms with Gasteiger partial charge < -0.3 is 14.9 Å². The van der Waals surface area contributed by atoms with Crippen molar-refractivity contribution in [3.05, 3.63) is 23.8 Å². The quantitative estimate of drug-likeness (QED) is 0.732. The molecule has 0 heterocycles. The highest BCUT2D eigenvalue weighted by Crippen LogP contribution is 2.24.